The molecule has 1 heterocycles. The first-order valence-electron chi connectivity index (χ1n) is 9.92. The van der Waals surface area contributed by atoms with Crippen molar-refractivity contribution in [2.75, 3.05) is 26.1 Å². The van der Waals surface area contributed by atoms with E-state index in [1.165, 1.54) is 11.3 Å². The van der Waals surface area contributed by atoms with Gasteiger partial charge in [-0.2, -0.15) is 0 Å². The van der Waals surface area contributed by atoms with Crippen molar-refractivity contribution in [3.05, 3.63) is 78.2 Å². The van der Waals surface area contributed by atoms with Crippen molar-refractivity contribution in [1.29, 1.82) is 0 Å². The highest BCUT2D eigenvalue weighted by atomic mass is 32.1. The van der Waals surface area contributed by atoms with Crippen molar-refractivity contribution in [3.63, 3.8) is 0 Å². The minimum Gasteiger partial charge on any atom is -0.493 e. The van der Waals surface area contributed by atoms with Gasteiger partial charge >= 0.3 is 0 Å². The van der Waals surface area contributed by atoms with E-state index in [1.807, 2.05) is 78.2 Å². The summed E-state index contributed by atoms with van der Waals surface area (Å²) in [5.74, 6) is 1.62. The fourth-order valence-corrected chi connectivity index (χ4v) is 3.87. The van der Waals surface area contributed by atoms with E-state index in [0.29, 0.717) is 22.4 Å². The maximum Gasteiger partial charge on any atom is 0.264 e. The molecule has 0 saturated carbocycles. The van der Waals surface area contributed by atoms with Crippen LogP contribution in [0.1, 0.15) is 0 Å². The molecule has 0 aliphatic carbocycles. The number of nitrogens with one attached hydrogen (secondary N) is 1. The first-order chi connectivity index (χ1) is 15.7. The van der Waals surface area contributed by atoms with E-state index < -0.39 is 0 Å². The smallest absolute Gasteiger partial charge is 0.264 e. The first kappa shape index (κ1) is 21.4. The zero-order valence-electron chi connectivity index (χ0n) is 17.7. The Kier molecular flexibility index (Phi) is 6.67. The molecular formula is C25H22N2O4S. The van der Waals surface area contributed by atoms with E-state index in [4.69, 9.17) is 14.2 Å². The Morgan fingerprint density at radius 1 is 0.875 bits per heavy atom. The van der Waals surface area contributed by atoms with E-state index in [2.05, 4.69) is 10.3 Å². The van der Waals surface area contributed by atoms with Crippen molar-refractivity contribution < 1.29 is 19.0 Å². The van der Waals surface area contributed by atoms with Gasteiger partial charge in [0.05, 0.1) is 19.9 Å². The number of ether oxygens (including phenoxy) is 3. The molecule has 0 aliphatic heterocycles. The van der Waals surface area contributed by atoms with Crippen LogP contribution in [0.5, 0.6) is 17.2 Å². The molecule has 0 unspecified atom stereocenters. The Hall–Kier alpha value is -3.84. The molecule has 1 amide bonds. The Morgan fingerprint density at radius 2 is 1.56 bits per heavy atom. The fraction of sp³-hybridized carbons (Fsp3) is 0.120. The normalized spacial score (nSPS) is 10.4. The van der Waals surface area contributed by atoms with Gasteiger partial charge in [-0.3, -0.25) is 10.1 Å². The standard InChI is InChI=1S/C25H22N2O4S/c1-29-22-13-10-19(14-23(22)30-2)21-16-32-25(26-21)27-24(28)15-31-20-11-8-18(9-12-20)17-6-4-3-5-7-17/h3-14,16H,15H2,1-2H3,(H,26,27,28). The molecule has 0 fully saturated rings. The van der Waals surface area contributed by atoms with Gasteiger partial charge in [0.15, 0.2) is 23.2 Å². The van der Waals surface area contributed by atoms with Gasteiger partial charge in [0.25, 0.3) is 5.91 Å². The molecule has 0 bridgehead atoms. The summed E-state index contributed by atoms with van der Waals surface area (Å²) in [6.45, 7) is -0.101. The maximum absolute atomic E-state index is 12.3. The number of nitrogens with zero attached hydrogens (tertiary/aromatic N) is 1. The fourth-order valence-electron chi connectivity index (χ4n) is 3.14. The molecule has 162 valence electrons. The molecule has 4 rings (SSSR count). The van der Waals surface area contributed by atoms with E-state index in [1.54, 1.807) is 14.2 Å². The Morgan fingerprint density at radius 3 is 2.28 bits per heavy atom. The largest absolute Gasteiger partial charge is 0.493 e. The van der Waals surface area contributed by atoms with E-state index in [0.717, 1.165) is 22.4 Å². The second kappa shape index (κ2) is 9.98. The summed E-state index contributed by atoms with van der Waals surface area (Å²) in [4.78, 5) is 16.8. The number of thiazole rings is 1. The van der Waals surface area contributed by atoms with E-state index in [9.17, 15) is 4.79 Å². The Labute approximate surface area is 190 Å². The zero-order chi connectivity index (χ0) is 22.3. The number of anilines is 1. The van der Waals surface area contributed by atoms with Crippen LogP contribution in [0.2, 0.25) is 0 Å². The molecule has 7 heteroatoms. The molecule has 0 saturated heterocycles. The summed E-state index contributed by atoms with van der Waals surface area (Å²) in [5, 5.41) is 5.16. The molecule has 0 aliphatic rings. The van der Waals surface area contributed by atoms with Crippen LogP contribution in [-0.4, -0.2) is 31.7 Å². The summed E-state index contributed by atoms with van der Waals surface area (Å²) in [6, 6.07) is 23.3. The van der Waals surface area contributed by atoms with Gasteiger partial charge in [0.2, 0.25) is 0 Å². The van der Waals surface area contributed by atoms with Gasteiger partial charge in [0, 0.05) is 10.9 Å². The number of carbonyl (C=O) groups excluding carboxylic acids is 1. The van der Waals surface area contributed by atoms with Crippen molar-refractivity contribution >= 4 is 22.4 Å². The van der Waals surface area contributed by atoms with Crippen LogP contribution in [0.25, 0.3) is 22.4 Å². The van der Waals surface area contributed by atoms with Crippen LogP contribution in [0.4, 0.5) is 5.13 Å². The lowest BCUT2D eigenvalue weighted by molar-refractivity contribution is -0.118. The highest BCUT2D eigenvalue weighted by molar-refractivity contribution is 7.14. The lowest BCUT2D eigenvalue weighted by Gasteiger charge is -2.08. The number of carbonyl (C=O) groups is 1. The average molecular weight is 447 g/mol. The quantitative estimate of drug-likeness (QED) is 0.386. The molecule has 1 N–H and O–H groups in total. The number of rotatable bonds is 8. The molecule has 0 radical (unpaired) electrons. The topological polar surface area (TPSA) is 69.7 Å². The number of benzene rings is 3. The minimum atomic E-state index is -0.273. The lowest BCUT2D eigenvalue weighted by Crippen LogP contribution is -2.20. The predicted molar refractivity (Wildman–Crippen MR) is 127 cm³/mol. The Balaban J connectivity index is 1.34. The van der Waals surface area contributed by atoms with Crippen LogP contribution in [0.3, 0.4) is 0 Å². The maximum atomic E-state index is 12.3. The highest BCUT2D eigenvalue weighted by Crippen LogP contribution is 2.33. The van der Waals surface area contributed by atoms with Crippen molar-refractivity contribution in [1.82, 2.24) is 4.98 Å². The second-order valence-corrected chi connectivity index (χ2v) is 7.69. The van der Waals surface area contributed by atoms with Crippen LogP contribution in [-0.2, 0) is 4.79 Å². The van der Waals surface area contributed by atoms with E-state index in [-0.39, 0.29) is 12.5 Å². The zero-order valence-corrected chi connectivity index (χ0v) is 18.5. The summed E-state index contributed by atoms with van der Waals surface area (Å²) in [5.41, 5.74) is 3.83. The van der Waals surface area contributed by atoms with Crippen LogP contribution in [0, 0.1) is 0 Å². The molecule has 1 aromatic heterocycles. The predicted octanol–water partition coefficient (Wildman–Crippen LogP) is 5.51. The lowest BCUT2D eigenvalue weighted by atomic mass is 10.1. The van der Waals surface area contributed by atoms with Gasteiger partial charge in [-0.05, 0) is 41.5 Å². The van der Waals surface area contributed by atoms with Gasteiger partial charge < -0.3 is 14.2 Å². The van der Waals surface area contributed by atoms with Crippen molar-refractivity contribution in [2.24, 2.45) is 0 Å². The summed E-state index contributed by atoms with van der Waals surface area (Å²) < 4.78 is 16.2. The third kappa shape index (κ3) is 5.07. The van der Waals surface area contributed by atoms with Gasteiger partial charge in [0.1, 0.15) is 5.75 Å². The number of hydrogen-bond acceptors (Lipinski definition) is 6. The van der Waals surface area contributed by atoms with Crippen LogP contribution in [0.15, 0.2) is 78.2 Å². The number of hydrogen-bond donors (Lipinski definition) is 1. The molecule has 32 heavy (non-hydrogen) atoms. The SMILES string of the molecule is COc1ccc(-c2csc(NC(=O)COc3ccc(-c4ccccc4)cc3)n2)cc1OC. The molecule has 4 aromatic rings. The number of amides is 1. The molecular weight excluding hydrogens is 424 g/mol. The number of aromatic nitrogens is 1. The third-order valence-electron chi connectivity index (χ3n) is 4.76. The molecule has 0 atom stereocenters. The van der Waals surface area contributed by atoms with Gasteiger partial charge in [-0.15, -0.1) is 11.3 Å². The first-order valence-corrected chi connectivity index (χ1v) is 10.8. The second-order valence-electron chi connectivity index (χ2n) is 6.83. The summed E-state index contributed by atoms with van der Waals surface area (Å²) in [7, 11) is 3.18. The van der Waals surface area contributed by atoms with Gasteiger partial charge in [-0.25, -0.2) is 4.98 Å². The summed E-state index contributed by atoms with van der Waals surface area (Å²) >= 11 is 1.35. The molecule has 0 spiro atoms. The summed E-state index contributed by atoms with van der Waals surface area (Å²) in [6.07, 6.45) is 0. The monoisotopic (exact) mass is 446 g/mol. The highest BCUT2D eigenvalue weighted by Gasteiger charge is 2.11. The van der Waals surface area contributed by atoms with Crippen LogP contribution < -0.4 is 19.5 Å². The Bertz CT molecular complexity index is 1190. The average Bonchev–Trinajstić information content (AvgIpc) is 3.31. The molecule has 6 nitrogen and oxygen atoms in total. The van der Waals surface area contributed by atoms with Crippen LogP contribution >= 0.6 is 11.3 Å². The van der Waals surface area contributed by atoms with E-state index >= 15 is 0 Å². The van der Waals surface area contributed by atoms with Gasteiger partial charge in [-0.1, -0.05) is 42.5 Å². The number of methoxy groups -OCH3 is 2. The molecule has 3 aromatic carbocycles. The third-order valence-corrected chi connectivity index (χ3v) is 5.52. The van der Waals surface area contributed by atoms with Crippen molar-refractivity contribution in [2.45, 2.75) is 0 Å². The minimum absolute atomic E-state index is 0.101. The van der Waals surface area contributed by atoms with Crippen molar-refractivity contribution in [3.8, 4) is 39.6 Å².